The Morgan fingerprint density at radius 1 is 1.13 bits per heavy atom. The van der Waals surface area contributed by atoms with Gasteiger partial charge in [-0.25, -0.2) is 4.79 Å². The molecule has 2 aromatic carbocycles. The van der Waals surface area contributed by atoms with Crippen molar-refractivity contribution in [1.29, 1.82) is 0 Å². The van der Waals surface area contributed by atoms with E-state index in [4.69, 9.17) is 9.84 Å². The fourth-order valence-corrected chi connectivity index (χ4v) is 2.33. The number of carboxylic acid groups (broad SMARTS) is 1. The summed E-state index contributed by atoms with van der Waals surface area (Å²) in [6, 6.07) is 15.1. The molecule has 122 valence electrons. The molecule has 2 aromatic rings. The molecule has 4 nitrogen and oxygen atoms in total. The number of aromatic carboxylic acids is 1. The topological polar surface area (TPSA) is 58.6 Å². The lowest BCUT2D eigenvalue weighted by molar-refractivity contribution is 0.0696. The molecule has 0 amide bonds. The quantitative estimate of drug-likeness (QED) is 0.810. The highest BCUT2D eigenvalue weighted by atomic mass is 16.5. The summed E-state index contributed by atoms with van der Waals surface area (Å²) in [5.74, 6) is -0.0440. The zero-order valence-corrected chi connectivity index (χ0v) is 13.7. The van der Waals surface area contributed by atoms with Crippen LogP contribution in [0.4, 0.5) is 0 Å². The number of hydrogen-bond acceptors (Lipinski definition) is 3. The number of carbonyl (C=O) groups is 1. The Hall–Kier alpha value is -2.33. The first kappa shape index (κ1) is 17.0. The predicted octanol–water partition coefficient (Wildman–Crippen LogP) is 4.02. The molecule has 0 saturated carbocycles. The third kappa shape index (κ3) is 5.11. The summed E-state index contributed by atoms with van der Waals surface area (Å²) in [5, 5.41) is 12.4. The summed E-state index contributed by atoms with van der Waals surface area (Å²) in [4.78, 5) is 11.0. The Morgan fingerprint density at radius 3 is 2.57 bits per heavy atom. The molecule has 0 bridgehead atoms. The number of hydrogen-bond donors (Lipinski definition) is 2. The Labute approximate surface area is 137 Å². The number of carboxylic acids is 1. The van der Waals surface area contributed by atoms with Gasteiger partial charge in [0, 0.05) is 12.6 Å². The maximum atomic E-state index is 11.0. The second kappa shape index (κ2) is 7.79. The minimum Gasteiger partial charge on any atom is -0.491 e. The molecule has 1 unspecified atom stereocenters. The average molecular weight is 313 g/mol. The van der Waals surface area contributed by atoms with Crippen molar-refractivity contribution in [3.8, 4) is 5.75 Å². The first-order valence-corrected chi connectivity index (χ1v) is 7.78. The van der Waals surface area contributed by atoms with E-state index in [1.807, 2.05) is 38.1 Å². The molecule has 4 heteroatoms. The Kier molecular flexibility index (Phi) is 5.77. The summed E-state index contributed by atoms with van der Waals surface area (Å²) >= 11 is 0. The highest BCUT2D eigenvalue weighted by molar-refractivity contribution is 5.87. The van der Waals surface area contributed by atoms with Crippen LogP contribution in [0.15, 0.2) is 48.5 Å². The maximum Gasteiger partial charge on any atom is 0.335 e. The van der Waals surface area contributed by atoms with Crippen LogP contribution in [0.5, 0.6) is 5.75 Å². The van der Waals surface area contributed by atoms with Gasteiger partial charge in [-0.15, -0.1) is 0 Å². The number of nitrogens with one attached hydrogen (secondary N) is 1. The van der Waals surface area contributed by atoms with Crippen LogP contribution in [0.25, 0.3) is 0 Å². The molecule has 0 heterocycles. The molecule has 0 aromatic heterocycles. The number of ether oxygens (including phenoxy) is 1. The summed E-state index contributed by atoms with van der Waals surface area (Å²) in [6.07, 6.45) is 0.146. The lowest BCUT2D eigenvalue weighted by Crippen LogP contribution is -2.18. The summed E-state index contributed by atoms with van der Waals surface area (Å²) in [7, 11) is 0. The van der Waals surface area contributed by atoms with Crippen molar-refractivity contribution in [2.45, 2.75) is 39.5 Å². The van der Waals surface area contributed by atoms with Crippen molar-refractivity contribution in [3.63, 3.8) is 0 Å². The molecule has 2 rings (SSSR count). The van der Waals surface area contributed by atoms with Gasteiger partial charge in [-0.05, 0) is 56.2 Å². The number of benzene rings is 2. The van der Waals surface area contributed by atoms with Gasteiger partial charge in [0.1, 0.15) is 5.75 Å². The molecule has 0 fully saturated rings. The van der Waals surface area contributed by atoms with Gasteiger partial charge in [-0.1, -0.05) is 24.3 Å². The second-order valence-electron chi connectivity index (χ2n) is 5.85. The fraction of sp³-hybridized carbons (Fsp3) is 0.316. The minimum absolute atomic E-state index is 0.138. The molecule has 0 aliphatic carbocycles. The van der Waals surface area contributed by atoms with E-state index in [1.54, 1.807) is 18.2 Å². The molecule has 0 spiro atoms. The predicted molar refractivity (Wildman–Crippen MR) is 90.9 cm³/mol. The first-order valence-electron chi connectivity index (χ1n) is 7.78. The van der Waals surface area contributed by atoms with Crippen molar-refractivity contribution in [3.05, 3.63) is 65.2 Å². The Morgan fingerprint density at radius 2 is 1.87 bits per heavy atom. The van der Waals surface area contributed by atoms with Gasteiger partial charge in [0.25, 0.3) is 0 Å². The summed E-state index contributed by atoms with van der Waals surface area (Å²) in [5.41, 5.74) is 2.40. The van der Waals surface area contributed by atoms with E-state index < -0.39 is 5.97 Å². The van der Waals surface area contributed by atoms with Gasteiger partial charge in [0.2, 0.25) is 0 Å². The zero-order chi connectivity index (χ0) is 16.8. The molecule has 1 atom stereocenters. The van der Waals surface area contributed by atoms with E-state index in [9.17, 15) is 4.79 Å². The van der Waals surface area contributed by atoms with Crippen LogP contribution in [0, 0.1) is 0 Å². The van der Waals surface area contributed by atoms with E-state index in [1.165, 1.54) is 0 Å². The van der Waals surface area contributed by atoms with Gasteiger partial charge in [-0.3, -0.25) is 0 Å². The van der Waals surface area contributed by atoms with Gasteiger partial charge in [-0.2, -0.15) is 0 Å². The van der Waals surface area contributed by atoms with Crippen molar-refractivity contribution in [2.75, 3.05) is 0 Å². The van der Waals surface area contributed by atoms with Crippen molar-refractivity contribution >= 4 is 5.97 Å². The van der Waals surface area contributed by atoms with Crippen molar-refractivity contribution in [1.82, 2.24) is 5.32 Å². The monoisotopic (exact) mass is 313 g/mol. The van der Waals surface area contributed by atoms with Gasteiger partial charge < -0.3 is 15.2 Å². The van der Waals surface area contributed by atoms with Crippen LogP contribution in [0.1, 0.15) is 48.3 Å². The molecule has 0 radical (unpaired) electrons. The summed E-state index contributed by atoms with van der Waals surface area (Å²) in [6.45, 7) is 6.70. The smallest absolute Gasteiger partial charge is 0.335 e. The SMILES string of the molecule is CC(C)Oc1cccc(C(C)NCc2cccc(C(=O)O)c2)c1. The van der Waals surface area contributed by atoms with E-state index in [2.05, 4.69) is 18.3 Å². The molecular weight excluding hydrogens is 290 g/mol. The van der Waals surface area contributed by atoms with E-state index in [0.29, 0.717) is 12.1 Å². The molecular formula is C19H23NO3. The molecule has 23 heavy (non-hydrogen) atoms. The lowest BCUT2D eigenvalue weighted by atomic mass is 10.1. The average Bonchev–Trinajstić information content (AvgIpc) is 2.52. The third-order valence-corrected chi connectivity index (χ3v) is 3.52. The largest absolute Gasteiger partial charge is 0.491 e. The van der Waals surface area contributed by atoms with Crippen LogP contribution >= 0.6 is 0 Å². The minimum atomic E-state index is -0.904. The van der Waals surface area contributed by atoms with Crippen LogP contribution in [-0.4, -0.2) is 17.2 Å². The molecule has 0 aliphatic rings. The fourth-order valence-electron chi connectivity index (χ4n) is 2.33. The highest BCUT2D eigenvalue weighted by Gasteiger charge is 2.08. The van der Waals surface area contributed by atoms with E-state index >= 15 is 0 Å². The van der Waals surface area contributed by atoms with Crippen molar-refractivity contribution < 1.29 is 14.6 Å². The van der Waals surface area contributed by atoms with Gasteiger partial charge in [0.15, 0.2) is 0 Å². The molecule has 0 aliphatic heterocycles. The van der Waals surface area contributed by atoms with Crippen LogP contribution < -0.4 is 10.1 Å². The van der Waals surface area contributed by atoms with Crippen LogP contribution in [0.2, 0.25) is 0 Å². The molecule has 2 N–H and O–H groups in total. The van der Waals surface area contributed by atoms with Crippen LogP contribution in [0.3, 0.4) is 0 Å². The zero-order valence-electron chi connectivity index (χ0n) is 13.7. The normalized spacial score (nSPS) is 12.2. The van der Waals surface area contributed by atoms with Crippen molar-refractivity contribution in [2.24, 2.45) is 0 Å². The standard InChI is InChI=1S/C19H23NO3/c1-13(2)23-18-9-5-7-16(11-18)14(3)20-12-15-6-4-8-17(10-15)19(21)22/h4-11,13-14,20H,12H2,1-3H3,(H,21,22). The van der Waals surface area contributed by atoms with E-state index in [0.717, 1.165) is 16.9 Å². The number of rotatable bonds is 7. The third-order valence-electron chi connectivity index (χ3n) is 3.52. The van der Waals surface area contributed by atoms with E-state index in [-0.39, 0.29) is 12.1 Å². The van der Waals surface area contributed by atoms with Gasteiger partial charge in [0.05, 0.1) is 11.7 Å². The highest BCUT2D eigenvalue weighted by Crippen LogP contribution is 2.20. The van der Waals surface area contributed by atoms with Crippen LogP contribution in [-0.2, 0) is 6.54 Å². The summed E-state index contributed by atoms with van der Waals surface area (Å²) < 4.78 is 5.72. The van der Waals surface area contributed by atoms with Gasteiger partial charge >= 0.3 is 5.97 Å². The molecule has 0 saturated heterocycles. The first-order chi connectivity index (χ1) is 11.0. The second-order valence-corrected chi connectivity index (χ2v) is 5.85. The lowest BCUT2D eigenvalue weighted by Gasteiger charge is -2.17. The Bertz CT molecular complexity index is 667. The maximum absolute atomic E-state index is 11.0. The Balaban J connectivity index is 2.00.